The molecule has 186 valence electrons. The van der Waals surface area contributed by atoms with E-state index < -0.39 is 0 Å². The largest absolute Gasteiger partial charge is 0.400 e. The van der Waals surface area contributed by atoms with Gasteiger partial charge in [0.25, 0.3) is 0 Å². The number of anilines is 1. The van der Waals surface area contributed by atoms with Crippen molar-refractivity contribution in [1.82, 2.24) is 10.1 Å². The van der Waals surface area contributed by atoms with Crippen molar-refractivity contribution in [3.63, 3.8) is 0 Å². The molecule has 3 aromatic carbocycles. The molecule has 3 aromatic rings. The van der Waals surface area contributed by atoms with Crippen LogP contribution in [0.3, 0.4) is 0 Å². The smallest absolute Gasteiger partial charge is 0.380 e. The highest BCUT2D eigenvalue weighted by Crippen LogP contribution is 2.42. The molecule has 36 heavy (non-hydrogen) atoms. The van der Waals surface area contributed by atoms with Crippen LogP contribution in [0.1, 0.15) is 77.6 Å². The summed E-state index contributed by atoms with van der Waals surface area (Å²) in [6.45, 7) is 11.5. The van der Waals surface area contributed by atoms with E-state index in [1.165, 1.54) is 82.2 Å². The molecule has 0 radical (unpaired) electrons. The standard InChI is InChI=1S/C32H40BN3/c1-21-10-9-11-22(2)31(21)33-35(5)29-20-26(14-15-28(29)32-34-16-17-36(32)33)30-23(3)18-27(19-24(30)4)25-12-7-6-8-13-25/h9-11,14-15,18-20,25,32,34H,6-8,12-13,16-17H2,1-5H3. The van der Waals surface area contributed by atoms with Gasteiger partial charge in [-0.1, -0.05) is 72.9 Å². The topological polar surface area (TPSA) is 18.5 Å². The Morgan fingerprint density at radius 1 is 0.833 bits per heavy atom. The van der Waals surface area contributed by atoms with Crippen molar-refractivity contribution in [3.05, 3.63) is 81.9 Å². The molecular weight excluding hydrogens is 437 g/mol. The van der Waals surface area contributed by atoms with Gasteiger partial charge in [0, 0.05) is 24.3 Å². The molecule has 1 saturated heterocycles. The summed E-state index contributed by atoms with van der Waals surface area (Å²) in [4.78, 5) is 5.17. The normalized spacial score (nSPS) is 20.5. The second-order valence-electron chi connectivity index (χ2n) is 11.5. The SMILES string of the molecule is Cc1cccc(C)c1B1N(C)c2cc(-c3c(C)cc(C4CCCCC4)cc3C)ccc2C2NCCN12. The van der Waals surface area contributed by atoms with Crippen LogP contribution in [0.4, 0.5) is 5.69 Å². The fourth-order valence-corrected chi connectivity index (χ4v) is 7.44. The maximum absolute atomic E-state index is 3.80. The van der Waals surface area contributed by atoms with E-state index in [2.05, 4.69) is 98.2 Å². The van der Waals surface area contributed by atoms with E-state index in [4.69, 9.17) is 0 Å². The van der Waals surface area contributed by atoms with E-state index in [-0.39, 0.29) is 13.1 Å². The summed E-state index contributed by atoms with van der Waals surface area (Å²) in [5.41, 5.74) is 14.1. The number of nitrogens with zero attached hydrogens (tertiary/aromatic N) is 2. The highest BCUT2D eigenvalue weighted by Gasteiger charge is 2.45. The molecule has 2 fully saturated rings. The molecule has 4 heteroatoms. The highest BCUT2D eigenvalue weighted by atomic mass is 15.4. The lowest BCUT2D eigenvalue weighted by Gasteiger charge is -2.44. The van der Waals surface area contributed by atoms with E-state index in [9.17, 15) is 0 Å². The van der Waals surface area contributed by atoms with Crippen LogP contribution in [0.25, 0.3) is 11.1 Å². The summed E-state index contributed by atoms with van der Waals surface area (Å²) >= 11 is 0. The summed E-state index contributed by atoms with van der Waals surface area (Å²) < 4.78 is 0. The van der Waals surface area contributed by atoms with Gasteiger partial charge < -0.3 is 4.81 Å². The molecule has 1 atom stereocenters. The molecule has 3 aliphatic rings. The van der Waals surface area contributed by atoms with Gasteiger partial charge in [-0.2, -0.15) is 0 Å². The zero-order chi connectivity index (χ0) is 25.0. The monoisotopic (exact) mass is 477 g/mol. The Morgan fingerprint density at radius 3 is 2.22 bits per heavy atom. The average molecular weight is 478 g/mol. The maximum Gasteiger partial charge on any atom is 0.380 e. The summed E-state index contributed by atoms with van der Waals surface area (Å²) in [6.07, 6.45) is 7.15. The van der Waals surface area contributed by atoms with Gasteiger partial charge >= 0.3 is 6.98 Å². The number of nitrogens with one attached hydrogen (secondary N) is 1. The Hall–Kier alpha value is -2.56. The van der Waals surface area contributed by atoms with Crippen LogP contribution in [0.15, 0.2) is 48.5 Å². The molecule has 1 N–H and O–H groups in total. The molecule has 6 rings (SSSR count). The summed E-state index contributed by atoms with van der Waals surface area (Å²) in [7, 11) is 2.29. The minimum Gasteiger partial charge on any atom is -0.400 e. The molecule has 3 nitrogen and oxygen atoms in total. The van der Waals surface area contributed by atoms with Crippen LogP contribution in [-0.4, -0.2) is 31.9 Å². The van der Waals surface area contributed by atoms with Crippen molar-refractivity contribution in [3.8, 4) is 11.1 Å². The van der Waals surface area contributed by atoms with Crippen molar-refractivity contribution in [2.75, 3.05) is 24.9 Å². The van der Waals surface area contributed by atoms with E-state index in [1.807, 2.05) is 0 Å². The molecule has 2 heterocycles. The predicted molar refractivity (Wildman–Crippen MR) is 154 cm³/mol. The van der Waals surface area contributed by atoms with Crippen LogP contribution in [0, 0.1) is 27.7 Å². The molecule has 1 unspecified atom stereocenters. The summed E-state index contributed by atoms with van der Waals surface area (Å²) in [6, 6.07) is 18.9. The van der Waals surface area contributed by atoms with Crippen molar-refractivity contribution in [2.45, 2.75) is 71.9 Å². The zero-order valence-corrected chi connectivity index (χ0v) is 22.7. The highest BCUT2D eigenvalue weighted by molar-refractivity contribution is 6.75. The van der Waals surface area contributed by atoms with Crippen LogP contribution in [0.5, 0.6) is 0 Å². The number of hydrogen-bond acceptors (Lipinski definition) is 3. The van der Waals surface area contributed by atoms with Gasteiger partial charge in [0.05, 0.1) is 6.17 Å². The Balaban J connectivity index is 1.43. The third-order valence-corrected chi connectivity index (χ3v) is 9.15. The Labute approximate surface area is 218 Å². The molecule has 0 spiro atoms. The predicted octanol–water partition coefficient (Wildman–Crippen LogP) is 6.38. The van der Waals surface area contributed by atoms with Crippen molar-refractivity contribution < 1.29 is 0 Å². The van der Waals surface area contributed by atoms with Gasteiger partial charge in [-0.3, -0.25) is 10.1 Å². The van der Waals surface area contributed by atoms with Crippen molar-refractivity contribution in [2.24, 2.45) is 0 Å². The first-order valence-electron chi connectivity index (χ1n) is 14.0. The number of hydrogen-bond donors (Lipinski definition) is 1. The van der Waals surface area contributed by atoms with Crippen LogP contribution < -0.4 is 15.6 Å². The Kier molecular flexibility index (Phi) is 6.21. The second kappa shape index (κ2) is 9.39. The molecule has 0 amide bonds. The number of benzene rings is 3. The van der Waals surface area contributed by atoms with Crippen LogP contribution >= 0.6 is 0 Å². The van der Waals surface area contributed by atoms with Crippen molar-refractivity contribution >= 4 is 18.1 Å². The first kappa shape index (κ1) is 23.8. The lowest BCUT2D eigenvalue weighted by Crippen LogP contribution is -2.63. The number of fused-ring (bicyclic) bond motifs is 3. The van der Waals surface area contributed by atoms with Gasteiger partial charge in [-0.15, -0.1) is 0 Å². The fourth-order valence-electron chi connectivity index (χ4n) is 7.44. The van der Waals surface area contributed by atoms with E-state index >= 15 is 0 Å². The number of rotatable bonds is 3. The minimum atomic E-state index is 0.241. The van der Waals surface area contributed by atoms with E-state index in [1.54, 1.807) is 5.56 Å². The third-order valence-electron chi connectivity index (χ3n) is 9.15. The third kappa shape index (κ3) is 3.90. The minimum absolute atomic E-state index is 0.241. The lowest BCUT2D eigenvalue weighted by molar-refractivity contribution is 0.383. The zero-order valence-electron chi connectivity index (χ0n) is 22.7. The molecular formula is C32H40BN3. The number of aryl methyl sites for hydroxylation is 4. The van der Waals surface area contributed by atoms with Gasteiger partial charge in [-0.25, -0.2) is 0 Å². The first-order chi connectivity index (χ1) is 17.4. The average Bonchev–Trinajstić information content (AvgIpc) is 3.35. The molecule has 1 saturated carbocycles. The van der Waals surface area contributed by atoms with Crippen molar-refractivity contribution in [1.29, 1.82) is 0 Å². The van der Waals surface area contributed by atoms with E-state index in [0.29, 0.717) is 0 Å². The van der Waals surface area contributed by atoms with Crippen LogP contribution in [0.2, 0.25) is 0 Å². The van der Waals surface area contributed by atoms with E-state index in [0.717, 1.165) is 19.0 Å². The molecule has 0 aromatic heterocycles. The summed E-state index contributed by atoms with van der Waals surface area (Å²) in [5, 5.41) is 3.80. The van der Waals surface area contributed by atoms with Gasteiger partial charge in [0.15, 0.2) is 0 Å². The lowest BCUT2D eigenvalue weighted by atomic mass is 9.58. The van der Waals surface area contributed by atoms with Gasteiger partial charge in [-0.05, 0) is 92.8 Å². The second-order valence-corrected chi connectivity index (χ2v) is 11.5. The first-order valence-corrected chi connectivity index (χ1v) is 14.0. The maximum atomic E-state index is 3.80. The Morgan fingerprint density at radius 2 is 1.53 bits per heavy atom. The summed E-state index contributed by atoms with van der Waals surface area (Å²) in [5.74, 6) is 0.748. The molecule has 2 aliphatic heterocycles. The van der Waals surface area contributed by atoms with Crippen LogP contribution in [-0.2, 0) is 0 Å². The van der Waals surface area contributed by atoms with Gasteiger partial charge in [0.1, 0.15) is 0 Å². The molecule has 0 bridgehead atoms. The molecule has 1 aliphatic carbocycles. The fraction of sp³-hybridized carbons (Fsp3) is 0.438. The van der Waals surface area contributed by atoms with Gasteiger partial charge in [0.2, 0.25) is 0 Å². The Bertz CT molecular complexity index is 1250. The quantitative estimate of drug-likeness (QED) is 0.442.